The highest BCUT2D eigenvalue weighted by Gasteiger charge is 2.14. The van der Waals surface area contributed by atoms with Crippen molar-refractivity contribution in [2.24, 2.45) is 7.05 Å². The number of carbonyl (C=O) groups is 1. The molecule has 0 bridgehead atoms. The fraction of sp³-hybridized carbons (Fsp3) is 0.222. The van der Waals surface area contributed by atoms with E-state index in [1.807, 2.05) is 55.8 Å². The second-order valence-corrected chi connectivity index (χ2v) is 6.55. The summed E-state index contributed by atoms with van der Waals surface area (Å²) in [4.78, 5) is 16.4. The van der Waals surface area contributed by atoms with E-state index in [2.05, 4.69) is 15.2 Å². The Labute approximate surface area is 145 Å². The van der Waals surface area contributed by atoms with Crippen LogP contribution in [-0.4, -0.2) is 31.3 Å². The lowest BCUT2D eigenvalue weighted by molar-refractivity contribution is 0.102. The number of Topliss-reactive ketones (excluding diaryl/α,β-unsaturated/α-hetero) is 1. The van der Waals surface area contributed by atoms with Gasteiger partial charge in [0.05, 0.1) is 5.75 Å². The third-order valence-corrected chi connectivity index (χ3v) is 4.95. The number of aryl methyl sites for hydroxylation is 2. The molecule has 3 aromatic rings. The summed E-state index contributed by atoms with van der Waals surface area (Å²) in [5.41, 5.74) is 4.01. The van der Waals surface area contributed by atoms with Crippen LogP contribution >= 0.6 is 11.8 Å². The van der Waals surface area contributed by atoms with Crippen molar-refractivity contribution in [1.29, 1.82) is 0 Å². The Hall–Kier alpha value is -2.47. The maximum Gasteiger partial charge on any atom is 0.191 e. The second-order valence-electron chi connectivity index (χ2n) is 5.61. The first kappa shape index (κ1) is 16.4. The van der Waals surface area contributed by atoms with Crippen LogP contribution in [0.25, 0.3) is 11.4 Å². The molecule has 0 aliphatic carbocycles. The Balaban J connectivity index is 1.72. The molecule has 122 valence electrons. The fourth-order valence-electron chi connectivity index (χ4n) is 2.32. The Morgan fingerprint density at radius 3 is 2.54 bits per heavy atom. The van der Waals surface area contributed by atoms with E-state index in [-0.39, 0.29) is 5.78 Å². The van der Waals surface area contributed by atoms with E-state index in [0.717, 1.165) is 27.7 Å². The lowest BCUT2D eigenvalue weighted by Crippen LogP contribution is -2.04. The normalized spacial score (nSPS) is 10.8. The molecule has 24 heavy (non-hydrogen) atoms. The van der Waals surface area contributed by atoms with Gasteiger partial charge >= 0.3 is 0 Å². The molecule has 0 atom stereocenters. The van der Waals surface area contributed by atoms with Crippen LogP contribution in [0.1, 0.15) is 21.5 Å². The van der Waals surface area contributed by atoms with Crippen molar-refractivity contribution in [2.45, 2.75) is 19.0 Å². The van der Waals surface area contributed by atoms with Crippen LogP contribution in [0, 0.1) is 13.8 Å². The number of nitrogens with zero attached hydrogens (tertiary/aromatic N) is 4. The average Bonchev–Trinajstić information content (AvgIpc) is 2.96. The molecule has 1 aromatic carbocycles. The number of hydrogen-bond acceptors (Lipinski definition) is 5. The van der Waals surface area contributed by atoms with E-state index in [9.17, 15) is 4.79 Å². The van der Waals surface area contributed by atoms with Gasteiger partial charge in [-0.15, -0.1) is 10.2 Å². The van der Waals surface area contributed by atoms with Gasteiger partial charge in [-0.05, 0) is 43.2 Å². The molecule has 0 aliphatic heterocycles. The van der Waals surface area contributed by atoms with Gasteiger partial charge in [-0.1, -0.05) is 23.9 Å². The van der Waals surface area contributed by atoms with Gasteiger partial charge in [0.2, 0.25) is 0 Å². The average molecular weight is 338 g/mol. The Kier molecular flexibility index (Phi) is 4.76. The monoisotopic (exact) mass is 338 g/mol. The van der Waals surface area contributed by atoms with Gasteiger partial charge in [-0.2, -0.15) is 0 Å². The van der Waals surface area contributed by atoms with E-state index >= 15 is 0 Å². The first-order valence-electron chi connectivity index (χ1n) is 7.59. The topological polar surface area (TPSA) is 60.7 Å². The Morgan fingerprint density at radius 2 is 1.83 bits per heavy atom. The molecule has 0 spiro atoms. The minimum absolute atomic E-state index is 0.0940. The van der Waals surface area contributed by atoms with E-state index in [1.165, 1.54) is 17.3 Å². The highest BCUT2D eigenvalue weighted by Crippen LogP contribution is 2.23. The molecule has 5 nitrogen and oxygen atoms in total. The molecular weight excluding hydrogens is 320 g/mol. The quantitative estimate of drug-likeness (QED) is 0.526. The SMILES string of the molecule is Cc1ccc(C(=O)CSc2nnc(-c3ccncc3)n2C)cc1C. The maximum atomic E-state index is 12.4. The minimum atomic E-state index is 0.0940. The molecule has 6 heteroatoms. The standard InChI is InChI=1S/C18H18N4OS/c1-12-4-5-15(10-13(12)2)16(23)11-24-18-21-20-17(22(18)3)14-6-8-19-9-7-14/h4-10H,11H2,1-3H3. The number of carbonyl (C=O) groups excluding carboxylic acids is 1. The molecule has 0 N–H and O–H groups in total. The molecule has 2 heterocycles. The van der Waals surface area contributed by atoms with Gasteiger partial charge in [-0.3, -0.25) is 9.78 Å². The van der Waals surface area contributed by atoms with Crippen molar-refractivity contribution < 1.29 is 4.79 Å². The van der Waals surface area contributed by atoms with Gasteiger partial charge in [0.25, 0.3) is 0 Å². The van der Waals surface area contributed by atoms with Crippen molar-refractivity contribution in [3.05, 3.63) is 59.4 Å². The van der Waals surface area contributed by atoms with Crippen LogP contribution < -0.4 is 0 Å². The summed E-state index contributed by atoms with van der Waals surface area (Å²) in [6.07, 6.45) is 3.44. The van der Waals surface area contributed by atoms with Gasteiger partial charge in [0, 0.05) is 30.6 Å². The van der Waals surface area contributed by atoms with Crippen LogP contribution in [0.4, 0.5) is 0 Å². The maximum absolute atomic E-state index is 12.4. The van der Waals surface area contributed by atoms with Crippen molar-refractivity contribution in [1.82, 2.24) is 19.7 Å². The summed E-state index contributed by atoms with van der Waals surface area (Å²) in [5.74, 6) is 1.19. The lowest BCUT2D eigenvalue weighted by Gasteiger charge is -2.05. The molecule has 3 rings (SSSR count). The van der Waals surface area contributed by atoms with E-state index < -0.39 is 0 Å². The van der Waals surface area contributed by atoms with Crippen LogP contribution in [0.3, 0.4) is 0 Å². The first-order valence-corrected chi connectivity index (χ1v) is 8.58. The third kappa shape index (κ3) is 3.38. The fourth-order valence-corrected chi connectivity index (χ4v) is 3.13. The highest BCUT2D eigenvalue weighted by atomic mass is 32.2. The summed E-state index contributed by atoms with van der Waals surface area (Å²) >= 11 is 1.40. The lowest BCUT2D eigenvalue weighted by atomic mass is 10.0. The highest BCUT2D eigenvalue weighted by molar-refractivity contribution is 7.99. The van der Waals surface area contributed by atoms with E-state index in [0.29, 0.717) is 5.75 Å². The summed E-state index contributed by atoms with van der Waals surface area (Å²) in [5, 5.41) is 9.13. The molecule has 0 aliphatic rings. The molecule has 0 radical (unpaired) electrons. The zero-order chi connectivity index (χ0) is 17.1. The smallest absolute Gasteiger partial charge is 0.191 e. The number of benzene rings is 1. The summed E-state index contributed by atoms with van der Waals surface area (Å²) in [6, 6.07) is 9.58. The third-order valence-electron chi connectivity index (χ3n) is 3.93. The molecule has 2 aromatic heterocycles. The van der Waals surface area contributed by atoms with Crippen molar-refractivity contribution in [3.8, 4) is 11.4 Å². The van der Waals surface area contributed by atoms with Crippen molar-refractivity contribution in [2.75, 3.05) is 5.75 Å². The number of pyridine rings is 1. The second kappa shape index (κ2) is 6.97. The molecule has 0 amide bonds. The van der Waals surface area contributed by atoms with Crippen LogP contribution in [0.5, 0.6) is 0 Å². The van der Waals surface area contributed by atoms with Gasteiger partial charge < -0.3 is 4.57 Å². The van der Waals surface area contributed by atoms with Gasteiger partial charge in [0.1, 0.15) is 0 Å². The largest absolute Gasteiger partial charge is 0.305 e. The number of aromatic nitrogens is 4. The summed E-state index contributed by atoms with van der Waals surface area (Å²) in [6.45, 7) is 4.06. The van der Waals surface area contributed by atoms with E-state index in [1.54, 1.807) is 12.4 Å². The number of thioether (sulfide) groups is 1. The molecule has 0 fully saturated rings. The summed E-state index contributed by atoms with van der Waals surface area (Å²) < 4.78 is 1.90. The van der Waals surface area contributed by atoms with Crippen LogP contribution in [-0.2, 0) is 7.05 Å². The zero-order valence-electron chi connectivity index (χ0n) is 13.9. The van der Waals surface area contributed by atoms with Crippen molar-refractivity contribution in [3.63, 3.8) is 0 Å². The predicted molar refractivity (Wildman–Crippen MR) is 95.2 cm³/mol. The van der Waals surface area contributed by atoms with Crippen LogP contribution in [0.2, 0.25) is 0 Å². The molecule has 0 saturated carbocycles. The zero-order valence-corrected chi connectivity index (χ0v) is 14.7. The Morgan fingerprint density at radius 1 is 1.08 bits per heavy atom. The Bertz CT molecular complexity index is 874. The molecule has 0 saturated heterocycles. The predicted octanol–water partition coefficient (Wildman–Crippen LogP) is 3.47. The van der Waals surface area contributed by atoms with Crippen LogP contribution in [0.15, 0.2) is 47.9 Å². The first-order chi connectivity index (χ1) is 11.6. The van der Waals surface area contributed by atoms with Gasteiger partial charge in [-0.25, -0.2) is 0 Å². The number of hydrogen-bond donors (Lipinski definition) is 0. The summed E-state index contributed by atoms with van der Waals surface area (Å²) in [7, 11) is 1.90. The van der Waals surface area contributed by atoms with Crippen molar-refractivity contribution >= 4 is 17.5 Å². The molecule has 0 unspecified atom stereocenters. The van der Waals surface area contributed by atoms with Gasteiger partial charge in [0.15, 0.2) is 16.8 Å². The number of rotatable bonds is 5. The molecular formula is C18H18N4OS. The van der Waals surface area contributed by atoms with E-state index in [4.69, 9.17) is 0 Å². The number of ketones is 1. The minimum Gasteiger partial charge on any atom is -0.305 e.